The number of allylic oxidation sites excluding steroid dienone is 2. The van der Waals surface area contributed by atoms with Gasteiger partial charge < -0.3 is 24.1 Å². The summed E-state index contributed by atoms with van der Waals surface area (Å²) in [6.07, 6.45) is 2.99. The minimum atomic E-state index is -0.125. The Hall–Kier alpha value is -3.93. The first-order valence-electron chi connectivity index (χ1n) is 11.4. The number of carbonyl (C=O) groups excluding carboxylic acids is 1. The Morgan fingerprint density at radius 2 is 1.57 bits per heavy atom. The Morgan fingerprint density at radius 3 is 2.08 bits per heavy atom. The number of benzene rings is 3. The summed E-state index contributed by atoms with van der Waals surface area (Å²) in [6, 6.07) is 27.9. The molecule has 0 aliphatic heterocycles. The van der Waals surface area contributed by atoms with Crippen LogP contribution in [-0.4, -0.2) is 34.7 Å². The molecule has 0 spiro atoms. The minimum absolute atomic E-state index is 0. The van der Waals surface area contributed by atoms with Crippen LogP contribution in [0.15, 0.2) is 90.8 Å². The molecule has 6 nitrogen and oxygen atoms in total. The number of rotatable bonds is 5. The number of ether oxygens (including phenoxy) is 2. The van der Waals surface area contributed by atoms with Crippen LogP contribution < -0.4 is 9.47 Å². The Balaban J connectivity index is 0.000000422. The van der Waals surface area contributed by atoms with Gasteiger partial charge in [-0.25, -0.2) is 0 Å². The molecule has 0 amide bonds. The molecule has 0 aliphatic carbocycles. The van der Waals surface area contributed by atoms with Crippen molar-refractivity contribution in [3.8, 4) is 28.4 Å². The second kappa shape index (κ2) is 12.3. The van der Waals surface area contributed by atoms with E-state index < -0.39 is 0 Å². The summed E-state index contributed by atoms with van der Waals surface area (Å²) in [4.78, 5) is 14.6. The fraction of sp³-hybridized carbons (Fsp3) is 0.133. The van der Waals surface area contributed by atoms with Gasteiger partial charge in [-0.3, -0.25) is 4.79 Å². The van der Waals surface area contributed by atoms with Crippen LogP contribution in [0.3, 0.4) is 0 Å². The van der Waals surface area contributed by atoms with Crippen LogP contribution >= 0.6 is 0 Å². The van der Waals surface area contributed by atoms with Gasteiger partial charge in [0.2, 0.25) is 0 Å². The van der Waals surface area contributed by atoms with Crippen LogP contribution in [0.1, 0.15) is 13.8 Å². The van der Waals surface area contributed by atoms with Gasteiger partial charge in [0.1, 0.15) is 0 Å². The number of para-hydroxylation sites is 2. The Kier molecular flexibility index (Phi) is 9.23. The molecular formula is C30H27IrN2O4-. The van der Waals surface area contributed by atoms with Crippen LogP contribution in [0.5, 0.6) is 11.5 Å². The summed E-state index contributed by atoms with van der Waals surface area (Å²) in [6.45, 7) is 2.85. The van der Waals surface area contributed by atoms with Crippen molar-refractivity contribution in [2.45, 2.75) is 13.8 Å². The smallest absolute Gasteiger partial charge is 0.155 e. The van der Waals surface area contributed by atoms with Crippen molar-refractivity contribution in [3.63, 3.8) is 0 Å². The second-order valence-corrected chi connectivity index (χ2v) is 8.15. The molecule has 2 heterocycles. The maximum atomic E-state index is 10.0. The summed E-state index contributed by atoms with van der Waals surface area (Å²) in [5.74, 6) is 1.31. The average molecular weight is 672 g/mol. The normalized spacial score (nSPS) is 10.9. The second-order valence-electron chi connectivity index (χ2n) is 8.15. The van der Waals surface area contributed by atoms with E-state index in [0.29, 0.717) is 11.5 Å². The molecule has 0 bridgehead atoms. The number of hydrogen-bond acceptors (Lipinski definition) is 5. The Bertz CT molecular complexity index is 1520. The number of methoxy groups -OCH3 is 2. The number of pyridine rings is 1. The molecule has 2 aromatic heterocycles. The molecule has 5 rings (SSSR count). The average Bonchev–Trinajstić information content (AvgIpc) is 3.22. The van der Waals surface area contributed by atoms with Crippen molar-refractivity contribution in [1.29, 1.82) is 0 Å². The van der Waals surface area contributed by atoms with Gasteiger partial charge in [-0.1, -0.05) is 54.1 Å². The van der Waals surface area contributed by atoms with Gasteiger partial charge in [-0.05, 0) is 37.7 Å². The Labute approximate surface area is 229 Å². The molecule has 37 heavy (non-hydrogen) atoms. The number of carbonyl (C=O) groups is 1. The molecule has 0 aliphatic rings. The molecule has 3 aromatic carbocycles. The molecule has 0 unspecified atom stereocenters. The number of hydrogen-bond donors (Lipinski definition) is 1. The molecule has 191 valence electrons. The van der Waals surface area contributed by atoms with E-state index in [1.807, 2.05) is 18.3 Å². The minimum Gasteiger partial charge on any atom is -0.540 e. The summed E-state index contributed by atoms with van der Waals surface area (Å²) in [5.41, 5.74) is 4.96. The predicted octanol–water partition coefficient (Wildman–Crippen LogP) is 6.70. The summed E-state index contributed by atoms with van der Waals surface area (Å²) in [7, 11) is 3.27. The maximum absolute atomic E-state index is 10.0. The largest absolute Gasteiger partial charge is 0.540 e. The number of nitrogens with zero attached hydrogens (tertiary/aromatic N) is 2. The van der Waals surface area contributed by atoms with Gasteiger partial charge in [0, 0.05) is 60.3 Å². The monoisotopic (exact) mass is 672 g/mol. The topological polar surface area (TPSA) is 73.6 Å². The molecule has 5 aromatic rings. The molecule has 0 fully saturated rings. The maximum Gasteiger partial charge on any atom is 0.155 e. The number of fused-ring (bicyclic) bond motifs is 3. The van der Waals surface area contributed by atoms with Gasteiger partial charge in [0.25, 0.3) is 0 Å². The standard InChI is InChI=1S/C25H19N2O2.C5H8O2.Ir/c1-28-18-11-12-21(25(16-18)29-2)22-15-17(13-14-26-22)27-23-9-5-3-7-19(23)20-8-4-6-10-24(20)27;1-4(6)3-5(2)7;/h3-11,13-16H,1-2H3;3,6H,1-2H3;/q-1;;/b;4-3-;. The van der Waals surface area contributed by atoms with Crippen molar-refractivity contribution < 1.29 is 39.5 Å². The molecule has 7 heteroatoms. The quantitative estimate of drug-likeness (QED) is 0.128. The first kappa shape index (κ1) is 27.7. The van der Waals surface area contributed by atoms with Crippen molar-refractivity contribution in [2.24, 2.45) is 0 Å². The van der Waals surface area contributed by atoms with Crippen LogP contribution in [-0.2, 0) is 24.9 Å². The van der Waals surface area contributed by atoms with Crippen molar-refractivity contribution in [3.05, 3.63) is 96.9 Å². The van der Waals surface area contributed by atoms with E-state index in [1.165, 1.54) is 30.7 Å². The fourth-order valence-corrected chi connectivity index (χ4v) is 4.13. The zero-order valence-corrected chi connectivity index (χ0v) is 23.4. The van der Waals surface area contributed by atoms with Gasteiger partial charge >= 0.3 is 0 Å². The van der Waals surface area contributed by atoms with E-state index in [9.17, 15) is 4.79 Å². The molecule has 0 saturated heterocycles. The molecule has 0 atom stereocenters. The van der Waals surface area contributed by atoms with Gasteiger partial charge in [-0.15, -0.1) is 12.1 Å². The number of aliphatic hydroxyl groups excluding tert-OH is 1. The summed E-state index contributed by atoms with van der Waals surface area (Å²) < 4.78 is 13.1. The van der Waals surface area contributed by atoms with E-state index >= 15 is 0 Å². The van der Waals surface area contributed by atoms with Crippen molar-refractivity contribution >= 4 is 27.6 Å². The van der Waals surface area contributed by atoms with Crippen molar-refractivity contribution in [1.82, 2.24) is 9.55 Å². The summed E-state index contributed by atoms with van der Waals surface area (Å²) in [5, 5.41) is 10.8. The number of aromatic nitrogens is 2. The predicted molar refractivity (Wildman–Crippen MR) is 143 cm³/mol. The van der Waals surface area contributed by atoms with Crippen LogP contribution in [0.2, 0.25) is 0 Å². The van der Waals surface area contributed by atoms with Gasteiger partial charge in [-0.2, -0.15) is 0 Å². The third kappa shape index (κ3) is 6.08. The van der Waals surface area contributed by atoms with E-state index in [0.717, 1.165) is 28.0 Å². The summed E-state index contributed by atoms with van der Waals surface area (Å²) >= 11 is 0. The third-order valence-electron chi connectivity index (χ3n) is 5.58. The van der Waals surface area contributed by atoms with E-state index in [-0.39, 0.29) is 31.6 Å². The van der Waals surface area contributed by atoms with Crippen LogP contribution in [0.25, 0.3) is 38.8 Å². The van der Waals surface area contributed by atoms with Crippen LogP contribution in [0, 0.1) is 6.07 Å². The first-order chi connectivity index (χ1) is 17.4. The van der Waals surface area contributed by atoms with E-state index in [2.05, 4.69) is 70.2 Å². The number of aliphatic hydroxyl groups is 1. The van der Waals surface area contributed by atoms with Crippen molar-refractivity contribution in [2.75, 3.05) is 14.2 Å². The third-order valence-corrected chi connectivity index (χ3v) is 5.58. The van der Waals surface area contributed by atoms with Gasteiger partial charge in [0.05, 0.1) is 31.0 Å². The Morgan fingerprint density at radius 1 is 0.946 bits per heavy atom. The first-order valence-corrected chi connectivity index (χ1v) is 11.4. The zero-order chi connectivity index (χ0) is 25.7. The SMILES string of the molecule is CC(=O)/C=C(/C)O.COc1c[c-]c(-c2cc(-n3c4ccccc4c4ccccc43)ccn2)c(OC)c1.[Ir]. The van der Waals surface area contributed by atoms with E-state index in [1.54, 1.807) is 20.3 Å². The number of ketones is 1. The molecule has 1 N–H and O–H groups in total. The molecular weight excluding hydrogens is 645 g/mol. The van der Waals surface area contributed by atoms with Crippen LogP contribution in [0.4, 0.5) is 0 Å². The molecule has 0 saturated carbocycles. The zero-order valence-electron chi connectivity index (χ0n) is 21.0. The molecule has 1 radical (unpaired) electrons. The van der Waals surface area contributed by atoms with E-state index in [4.69, 9.17) is 14.6 Å². The van der Waals surface area contributed by atoms with Gasteiger partial charge in [0.15, 0.2) is 5.78 Å². The fourth-order valence-electron chi connectivity index (χ4n) is 4.13.